The van der Waals surface area contributed by atoms with E-state index in [4.69, 9.17) is 16.3 Å². The molecule has 0 bridgehead atoms. The summed E-state index contributed by atoms with van der Waals surface area (Å²) in [5.41, 5.74) is 0. The van der Waals surface area contributed by atoms with Crippen LogP contribution in [0.4, 0.5) is 0 Å². The van der Waals surface area contributed by atoms with Crippen molar-refractivity contribution in [1.29, 1.82) is 0 Å². The quantitative estimate of drug-likeness (QED) is 0.823. The second kappa shape index (κ2) is 3.96. The number of thiophene rings is 1. The van der Waals surface area contributed by atoms with Gasteiger partial charge in [0.25, 0.3) is 0 Å². The second-order valence-electron chi connectivity index (χ2n) is 3.27. The van der Waals surface area contributed by atoms with Crippen LogP contribution in [0.3, 0.4) is 0 Å². The highest BCUT2D eigenvalue weighted by molar-refractivity contribution is 7.16. The van der Waals surface area contributed by atoms with E-state index < -0.39 is 0 Å². The minimum atomic E-state index is -0.305. The average Bonchev–Trinajstić information content (AvgIpc) is 2.64. The average molecular weight is 219 g/mol. The maximum absolute atomic E-state index is 9.50. The summed E-state index contributed by atoms with van der Waals surface area (Å²) in [5, 5.41) is 9.50. The Labute approximate surface area is 86.1 Å². The fourth-order valence-electron chi connectivity index (χ4n) is 1.50. The highest BCUT2D eigenvalue weighted by Crippen LogP contribution is 2.26. The van der Waals surface area contributed by atoms with Crippen LogP contribution in [-0.4, -0.2) is 24.4 Å². The molecule has 0 aromatic carbocycles. The number of aliphatic hydroxyl groups excluding tert-OH is 1. The molecule has 0 aliphatic carbocycles. The smallest absolute Gasteiger partial charge is 0.0931 e. The van der Waals surface area contributed by atoms with Gasteiger partial charge in [-0.05, 0) is 18.6 Å². The fraction of sp³-hybridized carbons (Fsp3) is 0.556. The van der Waals surface area contributed by atoms with Crippen molar-refractivity contribution in [3.8, 4) is 0 Å². The van der Waals surface area contributed by atoms with Gasteiger partial charge in [-0.2, -0.15) is 0 Å². The molecular weight excluding hydrogens is 208 g/mol. The van der Waals surface area contributed by atoms with Gasteiger partial charge >= 0.3 is 0 Å². The third kappa shape index (κ3) is 2.23. The summed E-state index contributed by atoms with van der Waals surface area (Å²) in [5.74, 6) is 0.245. The van der Waals surface area contributed by atoms with Gasteiger partial charge in [-0.15, -0.1) is 11.3 Å². The standard InChI is InChI=1S/C9H11ClO2S/c10-9-2-1-7(13-9)3-6-4-12-5-8(6)11/h1-2,6,8,11H,3-5H2. The van der Waals surface area contributed by atoms with Crippen LogP contribution in [0.25, 0.3) is 0 Å². The molecule has 0 saturated carbocycles. The van der Waals surface area contributed by atoms with Crippen LogP contribution in [0.1, 0.15) is 4.88 Å². The number of halogens is 1. The van der Waals surface area contributed by atoms with E-state index in [9.17, 15) is 5.11 Å². The first-order valence-electron chi connectivity index (χ1n) is 4.26. The molecule has 0 radical (unpaired) electrons. The summed E-state index contributed by atoms with van der Waals surface area (Å²) in [6.07, 6.45) is 0.569. The second-order valence-corrected chi connectivity index (χ2v) is 5.07. The maximum atomic E-state index is 9.50. The first-order chi connectivity index (χ1) is 6.25. The predicted octanol–water partition coefficient (Wildman–Crippen LogP) is 1.95. The van der Waals surface area contributed by atoms with Gasteiger partial charge in [-0.1, -0.05) is 11.6 Å². The van der Waals surface area contributed by atoms with Crippen LogP contribution in [0.2, 0.25) is 4.34 Å². The summed E-state index contributed by atoms with van der Waals surface area (Å²) >= 11 is 7.38. The van der Waals surface area contributed by atoms with Gasteiger partial charge in [-0.25, -0.2) is 0 Å². The van der Waals surface area contributed by atoms with E-state index in [1.807, 2.05) is 12.1 Å². The molecule has 2 rings (SSSR count). The first-order valence-corrected chi connectivity index (χ1v) is 5.45. The minimum absolute atomic E-state index is 0.245. The van der Waals surface area contributed by atoms with E-state index in [2.05, 4.69) is 0 Å². The van der Waals surface area contributed by atoms with Crippen molar-refractivity contribution in [3.63, 3.8) is 0 Å². The van der Waals surface area contributed by atoms with Crippen LogP contribution >= 0.6 is 22.9 Å². The molecule has 1 aliphatic rings. The van der Waals surface area contributed by atoms with Gasteiger partial charge < -0.3 is 9.84 Å². The van der Waals surface area contributed by atoms with Gasteiger partial charge in [0.15, 0.2) is 0 Å². The Morgan fingerprint density at radius 1 is 1.54 bits per heavy atom. The third-order valence-electron chi connectivity index (χ3n) is 2.26. The Kier molecular flexibility index (Phi) is 2.89. The molecule has 2 unspecified atom stereocenters. The van der Waals surface area contributed by atoms with Crippen molar-refractivity contribution in [3.05, 3.63) is 21.3 Å². The first kappa shape index (κ1) is 9.46. The van der Waals surface area contributed by atoms with Crippen molar-refractivity contribution in [1.82, 2.24) is 0 Å². The lowest BCUT2D eigenvalue weighted by atomic mass is 10.0. The molecule has 1 fully saturated rings. The Bertz CT molecular complexity index is 287. The Morgan fingerprint density at radius 3 is 2.92 bits per heavy atom. The van der Waals surface area contributed by atoms with Crippen LogP contribution < -0.4 is 0 Å². The third-order valence-corrected chi connectivity index (χ3v) is 3.51. The Balaban J connectivity index is 1.97. The molecule has 2 atom stereocenters. The zero-order chi connectivity index (χ0) is 9.26. The molecule has 2 heterocycles. The van der Waals surface area contributed by atoms with E-state index in [-0.39, 0.29) is 12.0 Å². The number of aliphatic hydroxyl groups is 1. The summed E-state index contributed by atoms with van der Waals surface area (Å²) in [6, 6.07) is 3.90. The summed E-state index contributed by atoms with van der Waals surface area (Å²) < 4.78 is 5.98. The molecular formula is C9H11ClO2S. The number of rotatable bonds is 2. The van der Waals surface area contributed by atoms with Crippen LogP contribution in [0, 0.1) is 5.92 Å². The summed E-state index contributed by atoms with van der Waals surface area (Å²) in [6.45, 7) is 1.14. The largest absolute Gasteiger partial charge is 0.390 e. The van der Waals surface area contributed by atoms with Crippen LogP contribution in [-0.2, 0) is 11.2 Å². The molecule has 2 nitrogen and oxygen atoms in total. The summed E-state index contributed by atoms with van der Waals surface area (Å²) in [4.78, 5) is 1.22. The van der Waals surface area contributed by atoms with Crippen molar-refractivity contribution in [2.45, 2.75) is 12.5 Å². The van der Waals surface area contributed by atoms with Gasteiger partial charge in [0.1, 0.15) is 0 Å². The van der Waals surface area contributed by atoms with E-state index in [0.717, 1.165) is 10.8 Å². The zero-order valence-electron chi connectivity index (χ0n) is 7.07. The van der Waals surface area contributed by atoms with Crippen molar-refractivity contribution < 1.29 is 9.84 Å². The Morgan fingerprint density at radius 2 is 2.38 bits per heavy atom. The number of hydrogen-bond donors (Lipinski definition) is 1. The monoisotopic (exact) mass is 218 g/mol. The highest BCUT2D eigenvalue weighted by Gasteiger charge is 2.26. The van der Waals surface area contributed by atoms with Crippen molar-refractivity contribution in [2.24, 2.45) is 5.92 Å². The SMILES string of the molecule is OC1COCC1Cc1ccc(Cl)s1. The molecule has 72 valence electrons. The van der Waals surface area contributed by atoms with Gasteiger partial charge in [0, 0.05) is 10.8 Å². The molecule has 13 heavy (non-hydrogen) atoms. The molecule has 1 aromatic heterocycles. The van der Waals surface area contributed by atoms with Gasteiger partial charge in [-0.3, -0.25) is 0 Å². The molecule has 0 amide bonds. The molecule has 1 N–H and O–H groups in total. The minimum Gasteiger partial charge on any atom is -0.390 e. The van der Waals surface area contributed by atoms with Gasteiger partial charge in [0.05, 0.1) is 23.7 Å². The lowest BCUT2D eigenvalue weighted by molar-refractivity contribution is 0.118. The van der Waals surface area contributed by atoms with Crippen LogP contribution in [0.5, 0.6) is 0 Å². The normalized spacial score (nSPS) is 28.2. The molecule has 1 aliphatic heterocycles. The fourth-order valence-corrected chi connectivity index (χ4v) is 2.68. The highest BCUT2D eigenvalue weighted by atomic mass is 35.5. The number of hydrogen-bond acceptors (Lipinski definition) is 3. The van der Waals surface area contributed by atoms with E-state index in [1.165, 1.54) is 4.88 Å². The summed E-state index contributed by atoms with van der Waals surface area (Å²) in [7, 11) is 0. The molecule has 4 heteroatoms. The molecule has 1 aromatic rings. The lowest BCUT2D eigenvalue weighted by Crippen LogP contribution is -2.19. The van der Waals surface area contributed by atoms with Crippen molar-refractivity contribution in [2.75, 3.05) is 13.2 Å². The molecule has 0 spiro atoms. The zero-order valence-corrected chi connectivity index (χ0v) is 8.64. The maximum Gasteiger partial charge on any atom is 0.0931 e. The lowest BCUT2D eigenvalue weighted by Gasteiger charge is -2.09. The van der Waals surface area contributed by atoms with Crippen molar-refractivity contribution >= 4 is 22.9 Å². The van der Waals surface area contributed by atoms with E-state index in [1.54, 1.807) is 11.3 Å². The predicted molar refractivity (Wildman–Crippen MR) is 53.3 cm³/mol. The van der Waals surface area contributed by atoms with E-state index in [0.29, 0.717) is 13.2 Å². The van der Waals surface area contributed by atoms with Gasteiger partial charge in [0.2, 0.25) is 0 Å². The molecule has 1 saturated heterocycles. The Hall–Kier alpha value is -0.0900. The topological polar surface area (TPSA) is 29.5 Å². The van der Waals surface area contributed by atoms with E-state index >= 15 is 0 Å². The number of ether oxygens (including phenoxy) is 1. The van der Waals surface area contributed by atoms with Crippen LogP contribution in [0.15, 0.2) is 12.1 Å².